The maximum absolute atomic E-state index is 12.9. The van der Waals surface area contributed by atoms with Gasteiger partial charge in [-0.05, 0) is 82.6 Å². The fourth-order valence-electron chi connectivity index (χ4n) is 5.42. The van der Waals surface area contributed by atoms with Gasteiger partial charge >= 0.3 is 0 Å². The summed E-state index contributed by atoms with van der Waals surface area (Å²) in [6.07, 6.45) is 6.92. The number of fused-ring (bicyclic) bond motifs is 1. The number of carbonyl (C=O) groups is 1. The molecule has 9 nitrogen and oxygen atoms in total. The summed E-state index contributed by atoms with van der Waals surface area (Å²) in [5.74, 6) is 2.07. The number of ether oxygens (including phenoxy) is 1. The molecule has 4 aromatic rings. The van der Waals surface area contributed by atoms with Gasteiger partial charge in [0.15, 0.2) is 5.65 Å². The molecule has 0 bridgehead atoms. The number of carbonyl (C=O) groups excluding carboxylic acids is 1. The van der Waals surface area contributed by atoms with Crippen molar-refractivity contribution in [3.63, 3.8) is 0 Å². The second kappa shape index (κ2) is 11.8. The molecular formula is C30H37N7O2. The molecule has 2 aromatic heterocycles. The van der Waals surface area contributed by atoms with Gasteiger partial charge in [-0.3, -0.25) is 9.69 Å². The Hall–Kier alpha value is -3.98. The molecule has 1 atom stereocenters. The number of rotatable bonds is 9. The second-order valence-corrected chi connectivity index (χ2v) is 10.5. The lowest BCUT2D eigenvalue weighted by atomic mass is 9.91. The topological polar surface area (TPSA) is 111 Å². The first-order chi connectivity index (χ1) is 18.9. The van der Waals surface area contributed by atoms with E-state index in [4.69, 9.17) is 15.6 Å². The first kappa shape index (κ1) is 26.6. The summed E-state index contributed by atoms with van der Waals surface area (Å²) in [7, 11) is 3.93. The van der Waals surface area contributed by atoms with E-state index in [1.54, 1.807) is 0 Å². The predicted molar refractivity (Wildman–Crippen MR) is 154 cm³/mol. The second-order valence-electron chi connectivity index (χ2n) is 10.5. The van der Waals surface area contributed by atoms with Gasteiger partial charge in [0.2, 0.25) is 5.91 Å². The molecule has 0 saturated heterocycles. The van der Waals surface area contributed by atoms with Crippen molar-refractivity contribution in [1.29, 1.82) is 0 Å². The van der Waals surface area contributed by atoms with Crippen molar-refractivity contribution in [3.8, 4) is 22.8 Å². The average Bonchev–Trinajstić information content (AvgIpc) is 3.34. The van der Waals surface area contributed by atoms with Crippen LogP contribution in [0.1, 0.15) is 51.5 Å². The van der Waals surface area contributed by atoms with Crippen LogP contribution in [0.3, 0.4) is 0 Å². The molecule has 5 rings (SSSR count). The lowest BCUT2D eigenvalue weighted by molar-refractivity contribution is -0.126. The number of nitrogen functional groups attached to an aromatic ring is 1. The van der Waals surface area contributed by atoms with Gasteiger partial charge < -0.3 is 15.8 Å². The van der Waals surface area contributed by atoms with Crippen LogP contribution >= 0.6 is 0 Å². The molecule has 0 unspecified atom stereocenters. The van der Waals surface area contributed by atoms with Crippen LogP contribution in [0.4, 0.5) is 5.82 Å². The quantitative estimate of drug-likeness (QED) is 0.308. The van der Waals surface area contributed by atoms with Crippen LogP contribution < -0.4 is 15.8 Å². The van der Waals surface area contributed by atoms with Gasteiger partial charge in [-0.25, -0.2) is 14.6 Å². The standard InChI is InChI=1S/C30H37N7O2/c1-4-8-25(36(2)3)30(38)34-21-13-15-22(16-14-21)37-29-26(28(31)32-19-33-29)27(35-37)20-11-17-24(18-12-20)39-23-9-6-5-7-10-23/h5-7,9-12,17-19,21-22,25H,4,8,13-16H2,1-3H3,(H,34,38)(H2,31,32,33)/t21?,22?,25-/m0/s1. The van der Waals surface area contributed by atoms with Crippen molar-refractivity contribution in [2.45, 2.75) is 63.6 Å². The van der Waals surface area contributed by atoms with E-state index in [2.05, 4.69) is 22.2 Å². The van der Waals surface area contributed by atoms with Crippen molar-refractivity contribution >= 4 is 22.8 Å². The maximum Gasteiger partial charge on any atom is 0.237 e. The van der Waals surface area contributed by atoms with Crippen LogP contribution in [0.5, 0.6) is 11.5 Å². The zero-order valence-electron chi connectivity index (χ0n) is 22.9. The van der Waals surface area contributed by atoms with Crippen molar-refractivity contribution in [2.24, 2.45) is 0 Å². The number of likely N-dealkylation sites (N-methyl/N-ethyl adjacent to an activating group) is 1. The zero-order valence-corrected chi connectivity index (χ0v) is 22.9. The minimum Gasteiger partial charge on any atom is -0.457 e. The number of nitrogens with two attached hydrogens (primary N) is 1. The highest BCUT2D eigenvalue weighted by Gasteiger charge is 2.29. The summed E-state index contributed by atoms with van der Waals surface area (Å²) < 4.78 is 7.96. The summed E-state index contributed by atoms with van der Waals surface area (Å²) in [5.41, 5.74) is 8.77. The highest BCUT2D eigenvalue weighted by molar-refractivity contribution is 5.98. The molecule has 1 aliphatic carbocycles. The summed E-state index contributed by atoms with van der Waals surface area (Å²) in [5, 5.41) is 9.07. The Kier molecular flexibility index (Phi) is 8.07. The van der Waals surface area contributed by atoms with Crippen LogP contribution in [0.2, 0.25) is 0 Å². The molecule has 0 radical (unpaired) electrons. The lowest BCUT2D eigenvalue weighted by Gasteiger charge is -2.31. The number of aromatic nitrogens is 4. The molecule has 9 heteroatoms. The maximum atomic E-state index is 12.9. The summed E-state index contributed by atoms with van der Waals surface area (Å²) in [6.45, 7) is 2.11. The number of nitrogens with one attached hydrogen (secondary N) is 1. The van der Waals surface area contributed by atoms with E-state index in [1.807, 2.05) is 78.3 Å². The van der Waals surface area contributed by atoms with E-state index in [1.165, 1.54) is 6.33 Å². The normalized spacial score (nSPS) is 18.3. The third kappa shape index (κ3) is 5.88. The number of hydrogen-bond donors (Lipinski definition) is 2. The van der Waals surface area contributed by atoms with E-state index in [-0.39, 0.29) is 24.0 Å². The minimum atomic E-state index is -0.0884. The molecule has 204 valence electrons. The smallest absolute Gasteiger partial charge is 0.237 e. The molecule has 1 amide bonds. The minimum absolute atomic E-state index is 0.0884. The number of nitrogens with zero attached hydrogens (tertiary/aromatic N) is 5. The van der Waals surface area contributed by atoms with E-state index in [9.17, 15) is 4.79 Å². The monoisotopic (exact) mass is 527 g/mol. The fraction of sp³-hybridized carbons (Fsp3) is 0.400. The lowest BCUT2D eigenvalue weighted by Crippen LogP contribution is -2.48. The third-order valence-corrected chi connectivity index (χ3v) is 7.50. The molecular weight excluding hydrogens is 490 g/mol. The first-order valence-corrected chi connectivity index (χ1v) is 13.7. The largest absolute Gasteiger partial charge is 0.457 e. The molecule has 0 aliphatic heterocycles. The molecule has 2 heterocycles. The number of para-hydroxylation sites is 1. The van der Waals surface area contributed by atoms with Gasteiger partial charge in [-0.2, -0.15) is 5.10 Å². The number of hydrogen-bond acceptors (Lipinski definition) is 7. The molecule has 2 aromatic carbocycles. The summed E-state index contributed by atoms with van der Waals surface area (Å²) >= 11 is 0. The van der Waals surface area contributed by atoms with Crippen LogP contribution in [-0.4, -0.2) is 56.7 Å². The van der Waals surface area contributed by atoms with E-state index in [0.717, 1.165) is 72.3 Å². The molecule has 0 spiro atoms. The Labute approximate surface area is 229 Å². The third-order valence-electron chi connectivity index (χ3n) is 7.50. The Morgan fingerprint density at radius 2 is 1.74 bits per heavy atom. The molecule has 1 saturated carbocycles. The van der Waals surface area contributed by atoms with Crippen molar-refractivity contribution in [1.82, 2.24) is 30.0 Å². The Morgan fingerprint density at radius 3 is 2.41 bits per heavy atom. The number of anilines is 1. The number of amides is 1. The number of benzene rings is 2. The van der Waals surface area contributed by atoms with Crippen LogP contribution in [0.25, 0.3) is 22.3 Å². The molecule has 1 fully saturated rings. The van der Waals surface area contributed by atoms with Gasteiger partial charge in [0.1, 0.15) is 29.3 Å². The SMILES string of the molecule is CCC[C@@H](C(=O)NC1CCC(n2nc(-c3ccc(Oc4ccccc4)cc3)c3c(N)ncnc32)CC1)N(C)C. The Morgan fingerprint density at radius 1 is 1.05 bits per heavy atom. The van der Waals surface area contributed by atoms with Gasteiger partial charge in [-0.15, -0.1) is 0 Å². The van der Waals surface area contributed by atoms with Crippen molar-refractivity contribution in [2.75, 3.05) is 19.8 Å². The Bertz CT molecular complexity index is 1390. The Balaban J connectivity index is 1.33. The fourth-order valence-corrected chi connectivity index (χ4v) is 5.42. The first-order valence-electron chi connectivity index (χ1n) is 13.7. The zero-order chi connectivity index (χ0) is 27.4. The van der Waals surface area contributed by atoms with Crippen molar-refractivity contribution in [3.05, 3.63) is 60.9 Å². The summed E-state index contributed by atoms with van der Waals surface area (Å²) in [4.78, 5) is 23.7. The highest BCUT2D eigenvalue weighted by Crippen LogP contribution is 2.36. The van der Waals surface area contributed by atoms with E-state index in [0.29, 0.717) is 5.82 Å². The molecule has 1 aliphatic rings. The van der Waals surface area contributed by atoms with Gasteiger partial charge in [0.05, 0.1) is 17.5 Å². The van der Waals surface area contributed by atoms with E-state index < -0.39 is 0 Å². The average molecular weight is 528 g/mol. The molecule has 3 N–H and O–H groups in total. The van der Waals surface area contributed by atoms with Gasteiger partial charge in [-0.1, -0.05) is 31.5 Å². The highest BCUT2D eigenvalue weighted by atomic mass is 16.5. The molecule has 39 heavy (non-hydrogen) atoms. The predicted octanol–water partition coefficient (Wildman–Crippen LogP) is 5.20. The van der Waals surface area contributed by atoms with Crippen LogP contribution in [0.15, 0.2) is 60.9 Å². The van der Waals surface area contributed by atoms with Crippen molar-refractivity contribution < 1.29 is 9.53 Å². The van der Waals surface area contributed by atoms with Crippen LogP contribution in [-0.2, 0) is 4.79 Å². The van der Waals surface area contributed by atoms with E-state index >= 15 is 0 Å². The van der Waals surface area contributed by atoms with Gasteiger partial charge in [0, 0.05) is 11.6 Å². The summed E-state index contributed by atoms with van der Waals surface area (Å²) in [6, 6.07) is 17.8. The van der Waals surface area contributed by atoms with Crippen LogP contribution in [0, 0.1) is 0 Å². The van der Waals surface area contributed by atoms with Gasteiger partial charge in [0.25, 0.3) is 0 Å².